The van der Waals surface area contributed by atoms with E-state index in [1.165, 1.54) is 35.3 Å². The molecule has 2 aromatic rings. The SMILES string of the molecule is CCN(CC1CCN(CCc2ccccc2C)CC1)C(=O)c1scnc1C. The summed E-state index contributed by atoms with van der Waals surface area (Å²) in [5.74, 6) is 0.760. The van der Waals surface area contributed by atoms with E-state index in [0.29, 0.717) is 5.92 Å². The van der Waals surface area contributed by atoms with E-state index in [4.69, 9.17) is 0 Å². The minimum atomic E-state index is 0.152. The average Bonchev–Trinajstić information content (AvgIpc) is 3.12. The van der Waals surface area contributed by atoms with Gasteiger partial charge in [-0.3, -0.25) is 4.79 Å². The van der Waals surface area contributed by atoms with Crippen LogP contribution < -0.4 is 0 Å². The molecule has 5 heteroatoms. The number of thiazole rings is 1. The van der Waals surface area contributed by atoms with Crippen LogP contribution in [-0.4, -0.2) is 53.4 Å². The van der Waals surface area contributed by atoms with Crippen molar-refractivity contribution in [3.05, 3.63) is 51.5 Å². The van der Waals surface area contributed by atoms with E-state index in [0.717, 1.165) is 49.7 Å². The Labute approximate surface area is 167 Å². The van der Waals surface area contributed by atoms with Gasteiger partial charge in [-0.2, -0.15) is 0 Å². The van der Waals surface area contributed by atoms with Gasteiger partial charge in [-0.15, -0.1) is 11.3 Å². The number of amides is 1. The van der Waals surface area contributed by atoms with Crippen molar-refractivity contribution in [2.75, 3.05) is 32.7 Å². The first-order valence-electron chi connectivity index (χ1n) is 10.0. The molecule has 1 aromatic heterocycles. The lowest BCUT2D eigenvalue weighted by molar-refractivity contribution is 0.0705. The molecule has 0 N–H and O–H groups in total. The fraction of sp³-hybridized carbons (Fsp3) is 0.545. The molecule has 0 atom stereocenters. The number of carbonyl (C=O) groups excluding carboxylic acids is 1. The summed E-state index contributed by atoms with van der Waals surface area (Å²) in [4.78, 5) is 22.4. The van der Waals surface area contributed by atoms with Crippen LogP contribution in [-0.2, 0) is 6.42 Å². The molecule has 1 saturated heterocycles. The van der Waals surface area contributed by atoms with Crippen molar-refractivity contribution in [1.82, 2.24) is 14.8 Å². The van der Waals surface area contributed by atoms with Crippen molar-refractivity contribution in [1.29, 1.82) is 0 Å². The maximum absolute atomic E-state index is 12.8. The van der Waals surface area contributed by atoms with Gasteiger partial charge in [0.05, 0.1) is 11.2 Å². The van der Waals surface area contributed by atoms with Gasteiger partial charge < -0.3 is 9.80 Å². The topological polar surface area (TPSA) is 36.4 Å². The molecule has 3 rings (SSSR count). The highest BCUT2D eigenvalue weighted by Crippen LogP contribution is 2.22. The Bertz CT molecular complexity index is 750. The Hall–Kier alpha value is -1.72. The Morgan fingerprint density at radius 2 is 2.00 bits per heavy atom. The quantitative estimate of drug-likeness (QED) is 0.717. The molecule has 0 spiro atoms. The maximum atomic E-state index is 12.8. The maximum Gasteiger partial charge on any atom is 0.265 e. The number of rotatable bonds is 7. The summed E-state index contributed by atoms with van der Waals surface area (Å²) in [6.07, 6.45) is 3.49. The number of likely N-dealkylation sites (tertiary alicyclic amines) is 1. The molecule has 146 valence electrons. The van der Waals surface area contributed by atoms with Crippen molar-refractivity contribution >= 4 is 17.2 Å². The van der Waals surface area contributed by atoms with E-state index in [1.807, 2.05) is 11.8 Å². The summed E-state index contributed by atoms with van der Waals surface area (Å²) in [6.45, 7) is 11.2. The summed E-state index contributed by atoms with van der Waals surface area (Å²) in [5, 5.41) is 0. The summed E-state index contributed by atoms with van der Waals surface area (Å²) in [6, 6.07) is 8.69. The smallest absolute Gasteiger partial charge is 0.265 e. The summed E-state index contributed by atoms with van der Waals surface area (Å²) >= 11 is 1.46. The van der Waals surface area contributed by atoms with Crippen molar-refractivity contribution < 1.29 is 4.79 Å². The number of hydrogen-bond donors (Lipinski definition) is 0. The van der Waals surface area contributed by atoms with E-state index >= 15 is 0 Å². The number of nitrogens with zero attached hydrogens (tertiary/aromatic N) is 3. The molecule has 0 radical (unpaired) electrons. The summed E-state index contributed by atoms with van der Waals surface area (Å²) in [7, 11) is 0. The molecule has 1 aromatic carbocycles. The highest BCUT2D eigenvalue weighted by Gasteiger charge is 2.25. The monoisotopic (exact) mass is 385 g/mol. The van der Waals surface area contributed by atoms with E-state index in [1.54, 1.807) is 5.51 Å². The highest BCUT2D eigenvalue weighted by molar-refractivity contribution is 7.11. The Kier molecular flexibility index (Phi) is 7.02. The Morgan fingerprint density at radius 1 is 1.26 bits per heavy atom. The molecule has 4 nitrogen and oxygen atoms in total. The van der Waals surface area contributed by atoms with Crippen LogP contribution in [0, 0.1) is 19.8 Å². The van der Waals surface area contributed by atoms with Gasteiger partial charge in [-0.1, -0.05) is 24.3 Å². The summed E-state index contributed by atoms with van der Waals surface area (Å²) in [5.41, 5.74) is 5.48. The summed E-state index contributed by atoms with van der Waals surface area (Å²) < 4.78 is 0. The molecular weight excluding hydrogens is 354 g/mol. The molecule has 1 aliphatic heterocycles. The second kappa shape index (κ2) is 9.47. The predicted molar refractivity (Wildman–Crippen MR) is 112 cm³/mol. The van der Waals surface area contributed by atoms with Crippen molar-refractivity contribution in [2.45, 2.75) is 40.0 Å². The number of aromatic nitrogens is 1. The van der Waals surface area contributed by atoms with Gasteiger partial charge in [0.25, 0.3) is 5.91 Å². The van der Waals surface area contributed by atoms with Gasteiger partial charge in [-0.25, -0.2) is 4.98 Å². The Morgan fingerprint density at radius 3 is 2.63 bits per heavy atom. The lowest BCUT2D eigenvalue weighted by Crippen LogP contribution is -2.41. The standard InChI is InChI=1S/C22H31N3OS/c1-4-25(22(26)21-18(3)23-16-27-21)15-19-9-12-24(13-10-19)14-11-20-8-6-5-7-17(20)2/h5-8,16,19H,4,9-15H2,1-3H3. The fourth-order valence-corrected chi connectivity index (χ4v) is 4.65. The normalized spacial score (nSPS) is 15.8. The van der Waals surface area contributed by atoms with Crippen LogP contribution in [0.15, 0.2) is 29.8 Å². The number of piperidine rings is 1. The first-order valence-corrected chi connectivity index (χ1v) is 10.9. The van der Waals surface area contributed by atoms with Crippen LogP contribution in [0.4, 0.5) is 0 Å². The largest absolute Gasteiger partial charge is 0.338 e. The lowest BCUT2D eigenvalue weighted by Gasteiger charge is -2.34. The van der Waals surface area contributed by atoms with Gasteiger partial charge in [0.2, 0.25) is 0 Å². The van der Waals surface area contributed by atoms with Gasteiger partial charge in [0.15, 0.2) is 0 Å². The molecule has 0 aliphatic carbocycles. The van der Waals surface area contributed by atoms with Gasteiger partial charge >= 0.3 is 0 Å². The second-order valence-electron chi connectivity index (χ2n) is 7.57. The van der Waals surface area contributed by atoms with Crippen molar-refractivity contribution in [3.8, 4) is 0 Å². The van der Waals surface area contributed by atoms with Crippen LogP contribution >= 0.6 is 11.3 Å². The number of aryl methyl sites for hydroxylation is 2. The molecule has 1 amide bonds. The minimum Gasteiger partial charge on any atom is -0.338 e. The number of carbonyl (C=O) groups is 1. The van der Waals surface area contributed by atoms with E-state index in [-0.39, 0.29) is 5.91 Å². The van der Waals surface area contributed by atoms with Crippen molar-refractivity contribution in [2.24, 2.45) is 5.92 Å². The Balaban J connectivity index is 1.46. The third-order valence-corrected chi connectivity index (χ3v) is 6.67. The zero-order chi connectivity index (χ0) is 19.2. The first kappa shape index (κ1) is 20.0. The van der Waals surface area contributed by atoms with Gasteiger partial charge in [-0.05, 0) is 70.2 Å². The van der Waals surface area contributed by atoms with Crippen LogP contribution in [0.25, 0.3) is 0 Å². The highest BCUT2D eigenvalue weighted by atomic mass is 32.1. The second-order valence-corrected chi connectivity index (χ2v) is 8.43. The third kappa shape index (κ3) is 5.17. The molecule has 27 heavy (non-hydrogen) atoms. The zero-order valence-corrected chi connectivity index (χ0v) is 17.6. The lowest BCUT2D eigenvalue weighted by atomic mass is 9.95. The molecule has 0 bridgehead atoms. The third-order valence-electron chi connectivity index (χ3n) is 5.75. The molecule has 0 saturated carbocycles. The molecule has 1 fully saturated rings. The van der Waals surface area contributed by atoms with E-state index < -0.39 is 0 Å². The van der Waals surface area contributed by atoms with Crippen LogP contribution in [0.5, 0.6) is 0 Å². The van der Waals surface area contributed by atoms with E-state index in [2.05, 4.69) is 48.0 Å². The van der Waals surface area contributed by atoms with Gasteiger partial charge in [0, 0.05) is 19.6 Å². The average molecular weight is 386 g/mol. The molecule has 2 heterocycles. The van der Waals surface area contributed by atoms with Crippen molar-refractivity contribution in [3.63, 3.8) is 0 Å². The van der Waals surface area contributed by atoms with Crippen LogP contribution in [0.3, 0.4) is 0 Å². The van der Waals surface area contributed by atoms with Gasteiger partial charge in [0.1, 0.15) is 4.88 Å². The fourth-order valence-electron chi connectivity index (χ4n) is 3.88. The number of hydrogen-bond acceptors (Lipinski definition) is 4. The molecular formula is C22H31N3OS. The molecule has 1 aliphatic rings. The number of benzene rings is 1. The van der Waals surface area contributed by atoms with Crippen LogP contribution in [0.2, 0.25) is 0 Å². The van der Waals surface area contributed by atoms with Crippen LogP contribution in [0.1, 0.15) is 46.3 Å². The van der Waals surface area contributed by atoms with E-state index in [9.17, 15) is 4.79 Å². The minimum absolute atomic E-state index is 0.152. The zero-order valence-electron chi connectivity index (χ0n) is 16.8. The molecule has 0 unspecified atom stereocenters. The first-order chi connectivity index (χ1) is 13.1. The predicted octanol–water partition coefficient (Wildman–Crippen LogP) is 4.18.